The summed E-state index contributed by atoms with van der Waals surface area (Å²) in [4.78, 5) is 0. The summed E-state index contributed by atoms with van der Waals surface area (Å²) in [5.74, 6) is 0.994. The summed E-state index contributed by atoms with van der Waals surface area (Å²) in [6.45, 7) is 5.10. The summed E-state index contributed by atoms with van der Waals surface area (Å²) in [7, 11) is 0. The Balaban J connectivity index is 2.39. The molecule has 0 unspecified atom stereocenters. The molecule has 4 heteroatoms. The van der Waals surface area contributed by atoms with E-state index in [9.17, 15) is 0 Å². The molecular formula is C17H22Cl2N2. The van der Waals surface area contributed by atoms with E-state index in [4.69, 9.17) is 23.2 Å². The van der Waals surface area contributed by atoms with Gasteiger partial charge in [-0.2, -0.15) is 5.10 Å². The molecule has 0 radical (unpaired) electrons. The van der Waals surface area contributed by atoms with Crippen molar-refractivity contribution in [3.63, 3.8) is 0 Å². The van der Waals surface area contributed by atoms with E-state index < -0.39 is 0 Å². The minimum atomic E-state index is -0.248. The molecule has 0 aliphatic rings. The van der Waals surface area contributed by atoms with Crippen molar-refractivity contribution < 1.29 is 0 Å². The zero-order chi connectivity index (χ0) is 15.3. The Bertz CT molecular complexity index is 559. The first-order valence-corrected chi connectivity index (χ1v) is 8.49. The lowest BCUT2D eigenvalue weighted by Gasteiger charge is -2.30. The van der Waals surface area contributed by atoms with E-state index in [1.54, 1.807) is 0 Å². The van der Waals surface area contributed by atoms with Gasteiger partial charge in [0, 0.05) is 35.8 Å². The average molecular weight is 325 g/mol. The summed E-state index contributed by atoms with van der Waals surface area (Å²) in [6, 6.07) is 12.5. The highest BCUT2D eigenvalue weighted by atomic mass is 35.5. The molecule has 0 atom stereocenters. The van der Waals surface area contributed by atoms with Crippen LogP contribution >= 0.6 is 23.2 Å². The second kappa shape index (κ2) is 7.33. The molecule has 0 amide bonds. The normalized spacial score (nSPS) is 11.8. The van der Waals surface area contributed by atoms with E-state index in [1.807, 2.05) is 18.2 Å². The van der Waals surface area contributed by atoms with Gasteiger partial charge in [-0.05, 0) is 25.0 Å². The van der Waals surface area contributed by atoms with Crippen LogP contribution in [-0.2, 0) is 24.8 Å². The maximum atomic E-state index is 6.33. The number of hydrogen-bond acceptors (Lipinski definition) is 1. The van der Waals surface area contributed by atoms with Crippen molar-refractivity contribution >= 4 is 23.2 Å². The number of rotatable bonds is 7. The molecule has 2 nitrogen and oxygen atoms in total. The number of benzene rings is 1. The lowest BCUT2D eigenvalue weighted by Crippen LogP contribution is -2.34. The van der Waals surface area contributed by atoms with E-state index in [-0.39, 0.29) is 5.41 Å². The molecule has 0 aliphatic heterocycles. The summed E-state index contributed by atoms with van der Waals surface area (Å²) < 4.78 is 2.07. The molecular weight excluding hydrogens is 303 g/mol. The Morgan fingerprint density at radius 1 is 1.10 bits per heavy atom. The van der Waals surface area contributed by atoms with Gasteiger partial charge in [0.25, 0.3) is 0 Å². The SMILES string of the molecule is CCc1cc(CC(CCl)(CCl)c2ccccc2)n(CC)n1. The number of aromatic nitrogens is 2. The molecule has 0 bridgehead atoms. The molecule has 21 heavy (non-hydrogen) atoms. The van der Waals surface area contributed by atoms with E-state index in [0.717, 1.165) is 25.1 Å². The van der Waals surface area contributed by atoms with Crippen molar-refractivity contribution in [3.8, 4) is 0 Å². The zero-order valence-electron chi connectivity index (χ0n) is 12.6. The van der Waals surface area contributed by atoms with Crippen LogP contribution in [0.3, 0.4) is 0 Å². The predicted octanol–water partition coefficient (Wildman–Crippen LogP) is 4.42. The van der Waals surface area contributed by atoms with Crippen LogP contribution < -0.4 is 0 Å². The van der Waals surface area contributed by atoms with Gasteiger partial charge in [-0.15, -0.1) is 23.2 Å². The summed E-state index contributed by atoms with van der Waals surface area (Å²) >= 11 is 12.7. The molecule has 2 aromatic rings. The van der Waals surface area contributed by atoms with Crippen LogP contribution in [0.2, 0.25) is 0 Å². The Kier molecular flexibility index (Phi) is 5.72. The first-order chi connectivity index (χ1) is 10.2. The highest BCUT2D eigenvalue weighted by molar-refractivity contribution is 6.22. The monoisotopic (exact) mass is 324 g/mol. The Labute approximate surface area is 137 Å². The molecule has 114 valence electrons. The maximum absolute atomic E-state index is 6.33. The van der Waals surface area contributed by atoms with Crippen molar-refractivity contribution in [2.75, 3.05) is 11.8 Å². The maximum Gasteiger partial charge on any atom is 0.0624 e. The smallest absolute Gasteiger partial charge is 0.0624 e. The minimum Gasteiger partial charge on any atom is -0.270 e. The van der Waals surface area contributed by atoms with Crippen LogP contribution in [0.5, 0.6) is 0 Å². The fraction of sp³-hybridized carbons (Fsp3) is 0.471. The number of halogens is 2. The van der Waals surface area contributed by atoms with Gasteiger partial charge >= 0.3 is 0 Å². The molecule has 0 fully saturated rings. The Morgan fingerprint density at radius 2 is 1.76 bits per heavy atom. The minimum absolute atomic E-state index is 0.248. The van der Waals surface area contributed by atoms with Gasteiger partial charge in [-0.25, -0.2) is 0 Å². The molecule has 1 aromatic carbocycles. The van der Waals surface area contributed by atoms with Gasteiger partial charge in [0.15, 0.2) is 0 Å². The molecule has 0 N–H and O–H groups in total. The highest BCUT2D eigenvalue weighted by Crippen LogP contribution is 2.32. The van der Waals surface area contributed by atoms with Crippen molar-refractivity contribution in [2.45, 2.75) is 38.6 Å². The molecule has 0 aliphatic carbocycles. The van der Waals surface area contributed by atoms with Gasteiger partial charge < -0.3 is 0 Å². The number of hydrogen-bond donors (Lipinski definition) is 0. The average Bonchev–Trinajstić information content (AvgIpc) is 2.95. The van der Waals surface area contributed by atoms with Gasteiger partial charge in [-0.3, -0.25) is 4.68 Å². The Hall–Kier alpha value is -0.990. The van der Waals surface area contributed by atoms with E-state index in [1.165, 1.54) is 11.3 Å². The van der Waals surface area contributed by atoms with Crippen molar-refractivity contribution in [1.29, 1.82) is 0 Å². The summed E-state index contributed by atoms with van der Waals surface area (Å²) in [5, 5.41) is 4.62. The topological polar surface area (TPSA) is 17.8 Å². The number of alkyl halides is 2. The number of nitrogens with zero attached hydrogens (tertiary/aromatic N) is 2. The van der Waals surface area contributed by atoms with Crippen LogP contribution in [0, 0.1) is 0 Å². The second-order valence-electron chi connectivity index (χ2n) is 5.39. The first kappa shape index (κ1) is 16.4. The fourth-order valence-corrected chi connectivity index (χ4v) is 3.41. The summed E-state index contributed by atoms with van der Waals surface area (Å²) in [5.41, 5.74) is 3.27. The first-order valence-electron chi connectivity index (χ1n) is 7.42. The quantitative estimate of drug-likeness (QED) is 0.689. The third-order valence-corrected chi connectivity index (χ3v) is 5.02. The largest absolute Gasteiger partial charge is 0.270 e. The lowest BCUT2D eigenvalue weighted by molar-refractivity contribution is 0.498. The third-order valence-electron chi connectivity index (χ3n) is 3.99. The van der Waals surface area contributed by atoms with Crippen molar-refractivity contribution in [3.05, 3.63) is 53.3 Å². The van der Waals surface area contributed by atoms with Gasteiger partial charge in [0.1, 0.15) is 0 Å². The van der Waals surface area contributed by atoms with Crippen molar-refractivity contribution in [1.82, 2.24) is 9.78 Å². The lowest BCUT2D eigenvalue weighted by atomic mass is 9.80. The molecule has 1 aromatic heterocycles. The van der Waals surface area contributed by atoms with Crippen LogP contribution in [0.15, 0.2) is 36.4 Å². The molecule has 0 spiro atoms. The van der Waals surface area contributed by atoms with Crippen LogP contribution in [0.4, 0.5) is 0 Å². The van der Waals surface area contributed by atoms with Crippen LogP contribution in [-0.4, -0.2) is 21.5 Å². The summed E-state index contributed by atoms with van der Waals surface area (Å²) in [6.07, 6.45) is 1.75. The van der Waals surface area contributed by atoms with Gasteiger partial charge in [0.05, 0.1) is 5.69 Å². The molecule has 0 saturated heterocycles. The fourth-order valence-electron chi connectivity index (χ4n) is 2.63. The molecule has 1 heterocycles. The molecule has 2 rings (SSSR count). The van der Waals surface area contributed by atoms with Crippen LogP contribution in [0.25, 0.3) is 0 Å². The highest BCUT2D eigenvalue weighted by Gasteiger charge is 2.32. The third kappa shape index (κ3) is 3.44. The number of aryl methyl sites for hydroxylation is 2. The van der Waals surface area contributed by atoms with Gasteiger partial charge in [0.2, 0.25) is 0 Å². The Morgan fingerprint density at radius 3 is 2.29 bits per heavy atom. The second-order valence-corrected chi connectivity index (χ2v) is 5.92. The van der Waals surface area contributed by atoms with E-state index in [0.29, 0.717) is 11.8 Å². The zero-order valence-corrected chi connectivity index (χ0v) is 14.2. The van der Waals surface area contributed by atoms with E-state index >= 15 is 0 Å². The standard InChI is InChI=1S/C17H22Cl2N2/c1-3-15-10-16(21(4-2)20-15)11-17(12-18,13-19)14-8-6-5-7-9-14/h5-10H,3-4,11-13H2,1-2H3. The van der Waals surface area contributed by atoms with Crippen LogP contribution in [0.1, 0.15) is 30.8 Å². The van der Waals surface area contributed by atoms with Crippen molar-refractivity contribution in [2.24, 2.45) is 0 Å². The molecule has 0 saturated carbocycles. The van der Waals surface area contributed by atoms with Gasteiger partial charge in [-0.1, -0.05) is 37.3 Å². The predicted molar refractivity (Wildman–Crippen MR) is 90.5 cm³/mol. The van der Waals surface area contributed by atoms with E-state index in [2.05, 4.69) is 41.8 Å².